The van der Waals surface area contributed by atoms with Crippen LogP contribution < -0.4 is 0 Å². The maximum absolute atomic E-state index is 11.4. The topological polar surface area (TPSA) is 35.5 Å². The molecule has 1 aromatic carbocycles. The molecule has 1 heterocycles. The van der Waals surface area contributed by atoms with E-state index in [0.717, 1.165) is 5.56 Å². The second-order valence-electron chi connectivity index (χ2n) is 2.53. The molecule has 3 nitrogen and oxygen atoms in total. The Kier molecular flexibility index (Phi) is 2.98. The molecule has 1 fully saturated rings. The summed E-state index contributed by atoms with van der Waals surface area (Å²) in [4.78, 5) is 0. The van der Waals surface area contributed by atoms with E-state index in [1.54, 1.807) is 6.08 Å². The van der Waals surface area contributed by atoms with Gasteiger partial charge in [-0.1, -0.05) is 0 Å². The Morgan fingerprint density at radius 1 is 1.23 bits per heavy atom. The van der Waals surface area contributed by atoms with Gasteiger partial charge in [-0.15, -0.1) is 0 Å². The molecule has 13 heavy (non-hydrogen) atoms. The van der Waals surface area contributed by atoms with E-state index in [1.165, 1.54) is 5.82 Å². The van der Waals surface area contributed by atoms with Gasteiger partial charge in [0, 0.05) is 0 Å². The van der Waals surface area contributed by atoms with Gasteiger partial charge in [-0.05, 0) is 0 Å². The van der Waals surface area contributed by atoms with Crippen LogP contribution in [-0.2, 0) is 9.51 Å². The monoisotopic (exact) mass is 390 g/mol. The Bertz CT molecular complexity index is 355. The van der Waals surface area contributed by atoms with Gasteiger partial charge in [0.15, 0.2) is 0 Å². The summed E-state index contributed by atoms with van der Waals surface area (Å²) in [5.41, 5.74) is 1.00. The number of hydrogen-bond donors (Lipinski definition) is 0. The molecule has 2 radical (unpaired) electrons. The number of rotatable bonds is 2. The van der Waals surface area contributed by atoms with Crippen molar-refractivity contribution in [3.05, 3.63) is 41.7 Å². The van der Waals surface area contributed by atoms with Gasteiger partial charge in [-0.25, -0.2) is 0 Å². The van der Waals surface area contributed by atoms with Crippen LogP contribution in [0.15, 0.2) is 36.1 Å². The van der Waals surface area contributed by atoms with Crippen LogP contribution in [0.2, 0.25) is 0 Å². The molecular formula is C8H7O3PPb. The molecule has 0 bridgehead atoms. The number of hydrogen-bond acceptors (Lipinski definition) is 3. The fourth-order valence-corrected chi connectivity index (χ4v) is 5.61. The van der Waals surface area contributed by atoms with Crippen LogP contribution in [0.5, 0.6) is 0 Å². The second-order valence-corrected chi connectivity index (χ2v) is 9.18. The molecule has 0 saturated carbocycles. The molecule has 0 amide bonds. The van der Waals surface area contributed by atoms with Gasteiger partial charge >= 0.3 is 90.0 Å². The molecular weight excluding hydrogens is 382 g/mol. The maximum atomic E-state index is 11.4. The van der Waals surface area contributed by atoms with E-state index in [1.807, 2.05) is 30.3 Å². The summed E-state index contributed by atoms with van der Waals surface area (Å²) in [5, 5.41) is 0. The predicted molar refractivity (Wildman–Crippen MR) is 51.0 cm³/mol. The van der Waals surface area contributed by atoms with Crippen molar-refractivity contribution in [1.82, 2.24) is 0 Å². The van der Waals surface area contributed by atoms with Crippen molar-refractivity contribution in [2.24, 2.45) is 0 Å². The zero-order valence-corrected chi connectivity index (χ0v) is 11.5. The van der Waals surface area contributed by atoms with E-state index in [-0.39, 0.29) is 0 Å². The Hall–Kier alpha value is 0.0321. The van der Waals surface area contributed by atoms with Gasteiger partial charge in [0.1, 0.15) is 0 Å². The standard InChI is InChI=1S/C8H9O3P.Pb/c9-12(10,11)7-6-8-4-2-1-3-5-8;/h1-7H,(H2,9,10,11);/q;+2/p-2. The summed E-state index contributed by atoms with van der Waals surface area (Å²) >= 11 is -1.33. The molecule has 1 aliphatic heterocycles. The quantitative estimate of drug-likeness (QED) is 0.576. The molecule has 2 rings (SSSR count). The van der Waals surface area contributed by atoms with Crippen LogP contribution >= 0.6 is 7.60 Å². The fourth-order valence-electron chi connectivity index (χ4n) is 0.913. The van der Waals surface area contributed by atoms with Crippen LogP contribution in [0.3, 0.4) is 0 Å². The minimum absolute atomic E-state index is 1.00. The van der Waals surface area contributed by atoms with Crippen molar-refractivity contribution < 1.29 is 9.51 Å². The normalized spacial score (nSPS) is 20.0. The summed E-state index contributed by atoms with van der Waals surface area (Å²) in [5.74, 6) is 1.53. The van der Waals surface area contributed by atoms with E-state index < -0.39 is 32.7 Å². The fraction of sp³-hybridized carbons (Fsp3) is 0. The van der Waals surface area contributed by atoms with Crippen LogP contribution in [0.25, 0.3) is 6.08 Å². The predicted octanol–water partition coefficient (Wildman–Crippen LogP) is 2.43. The first kappa shape index (κ1) is 9.58. The summed E-state index contributed by atoms with van der Waals surface area (Å²) in [7, 11) is -2.75. The van der Waals surface area contributed by atoms with E-state index in [4.69, 9.17) is 4.95 Å². The van der Waals surface area contributed by atoms with Crippen molar-refractivity contribution >= 4 is 38.8 Å². The average Bonchev–Trinajstić information content (AvgIpc) is 2.13. The Labute approximate surface area is 89.8 Å². The summed E-state index contributed by atoms with van der Waals surface area (Å²) in [6.45, 7) is 0. The summed E-state index contributed by atoms with van der Waals surface area (Å²) in [6.07, 6.45) is 1.77. The van der Waals surface area contributed by atoms with Gasteiger partial charge < -0.3 is 0 Å². The van der Waals surface area contributed by atoms with Crippen LogP contribution in [-0.4, -0.2) is 25.1 Å². The average molecular weight is 389 g/mol. The van der Waals surface area contributed by atoms with Gasteiger partial charge in [0.25, 0.3) is 0 Å². The van der Waals surface area contributed by atoms with Crippen LogP contribution in [0.1, 0.15) is 5.56 Å². The first-order valence-corrected chi connectivity index (χ1v) is 8.53. The zero-order valence-electron chi connectivity index (χ0n) is 6.71. The Morgan fingerprint density at radius 2 is 1.92 bits per heavy atom. The number of benzene rings is 1. The zero-order chi connectivity index (χ0) is 9.15. The third kappa shape index (κ3) is 2.49. The van der Waals surface area contributed by atoms with Crippen molar-refractivity contribution in [3.63, 3.8) is 0 Å². The molecule has 5 heteroatoms. The van der Waals surface area contributed by atoms with Crippen LogP contribution in [0.4, 0.5) is 0 Å². The summed E-state index contributed by atoms with van der Waals surface area (Å²) in [6, 6.07) is 9.66. The molecule has 0 aliphatic carbocycles. The molecule has 1 aliphatic rings. The van der Waals surface area contributed by atoms with Crippen molar-refractivity contribution in [2.45, 2.75) is 0 Å². The minimum atomic E-state index is -2.75. The molecule has 0 N–H and O–H groups in total. The molecule has 1 aromatic rings. The van der Waals surface area contributed by atoms with E-state index >= 15 is 0 Å². The third-order valence-electron chi connectivity index (χ3n) is 1.58. The Morgan fingerprint density at radius 3 is 2.46 bits per heavy atom. The molecule has 0 aromatic heterocycles. The van der Waals surface area contributed by atoms with E-state index in [2.05, 4.69) is 0 Å². The molecule has 66 valence electrons. The van der Waals surface area contributed by atoms with Crippen molar-refractivity contribution in [2.75, 3.05) is 0 Å². The second kappa shape index (κ2) is 4.04. The van der Waals surface area contributed by atoms with Gasteiger partial charge in [-0.3, -0.25) is 0 Å². The van der Waals surface area contributed by atoms with Gasteiger partial charge in [-0.2, -0.15) is 0 Å². The summed E-state index contributed by atoms with van der Waals surface area (Å²) < 4.78 is 21.3. The SMILES string of the molecule is O=P1(C=Cc2ccccc2)[O][Pb][O]1. The van der Waals surface area contributed by atoms with E-state index in [0.29, 0.717) is 0 Å². The first-order valence-electron chi connectivity index (χ1n) is 3.75. The first-order chi connectivity index (χ1) is 6.29. The molecule has 0 spiro atoms. The van der Waals surface area contributed by atoms with Crippen LogP contribution in [0, 0.1) is 0 Å². The molecule has 0 atom stereocenters. The molecule has 0 unspecified atom stereocenters. The van der Waals surface area contributed by atoms with Crippen molar-refractivity contribution in [3.8, 4) is 0 Å². The van der Waals surface area contributed by atoms with Gasteiger partial charge in [0.2, 0.25) is 0 Å². The third-order valence-corrected chi connectivity index (χ3v) is 10.4. The van der Waals surface area contributed by atoms with Gasteiger partial charge in [0.05, 0.1) is 0 Å². The Balaban J connectivity index is 2.10. The van der Waals surface area contributed by atoms with E-state index in [9.17, 15) is 4.57 Å². The molecule has 1 saturated heterocycles. The van der Waals surface area contributed by atoms with Crippen molar-refractivity contribution in [1.29, 1.82) is 0 Å².